The highest BCUT2D eigenvalue weighted by Gasteiger charge is 2.00. The summed E-state index contributed by atoms with van der Waals surface area (Å²) in [7, 11) is 0. The van der Waals surface area contributed by atoms with Crippen LogP contribution in [-0.2, 0) is 9.53 Å². The summed E-state index contributed by atoms with van der Waals surface area (Å²) in [6.07, 6.45) is 5.09. The van der Waals surface area contributed by atoms with Crippen LogP contribution in [0, 0.1) is 13.8 Å². The molecule has 0 aliphatic rings. The van der Waals surface area contributed by atoms with Gasteiger partial charge in [-0.15, -0.1) is 0 Å². The molecule has 0 spiro atoms. The maximum Gasteiger partial charge on any atom is 0.330 e. The van der Waals surface area contributed by atoms with Crippen LogP contribution in [0.5, 0.6) is 0 Å². The molecule has 3 nitrogen and oxygen atoms in total. The summed E-state index contributed by atoms with van der Waals surface area (Å²) < 4.78 is 4.77. The van der Waals surface area contributed by atoms with E-state index in [1.165, 1.54) is 11.6 Å². The number of H-pyrrole nitrogens is 1. The third-order valence-electron chi connectivity index (χ3n) is 2.11. The van der Waals surface area contributed by atoms with Crippen LogP contribution in [-0.4, -0.2) is 17.6 Å². The van der Waals surface area contributed by atoms with Gasteiger partial charge in [0.25, 0.3) is 0 Å². The summed E-state index contributed by atoms with van der Waals surface area (Å²) in [5.74, 6) is -0.306. The van der Waals surface area contributed by atoms with Gasteiger partial charge in [0, 0.05) is 18.0 Å². The van der Waals surface area contributed by atoms with Gasteiger partial charge in [-0.2, -0.15) is 0 Å². The fraction of sp³-hybridized carbons (Fsp3) is 0.364. The SMILES string of the molecule is CCOC(=O)C=Cc1[nH]cc(C)c1C. The zero-order valence-corrected chi connectivity index (χ0v) is 8.76. The monoisotopic (exact) mass is 193 g/mol. The number of aryl methyl sites for hydroxylation is 1. The number of hydrogen-bond donors (Lipinski definition) is 1. The summed E-state index contributed by atoms with van der Waals surface area (Å²) >= 11 is 0. The Bertz CT molecular complexity index is 350. The lowest BCUT2D eigenvalue weighted by atomic mass is 10.2. The zero-order valence-electron chi connectivity index (χ0n) is 8.76. The lowest BCUT2D eigenvalue weighted by Crippen LogP contribution is -1.98. The number of rotatable bonds is 3. The van der Waals surface area contributed by atoms with E-state index in [9.17, 15) is 4.79 Å². The quantitative estimate of drug-likeness (QED) is 0.590. The number of hydrogen-bond acceptors (Lipinski definition) is 2. The van der Waals surface area contributed by atoms with Crippen molar-refractivity contribution >= 4 is 12.0 Å². The van der Waals surface area contributed by atoms with Crippen molar-refractivity contribution in [3.05, 3.63) is 29.1 Å². The van der Waals surface area contributed by atoms with Gasteiger partial charge in [-0.1, -0.05) is 0 Å². The number of carbonyl (C=O) groups excluding carboxylic acids is 1. The van der Waals surface area contributed by atoms with Crippen molar-refractivity contribution < 1.29 is 9.53 Å². The Kier molecular flexibility index (Phi) is 3.51. The molecule has 0 atom stereocenters. The Morgan fingerprint density at radius 2 is 2.29 bits per heavy atom. The molecule has 14 heavy (non-hydrogen) atoms. The van der Waals surface area contributed by atoms with Crippen LogP contribution >= 0.6 is 0 Å². The Morgan fingerprint density at radius 3 is 2.79 bits per heavy atom. The molecule has 0 fully saturated rings. The molecule has 1 N–H and O–H groups in total. The summed E-state index contributed by atoms with van der Waals surface area (Å²) in [5, 5.41) is 0. The van der Waals surface area contributed by atoms with E-state index in [1.54, 1.807) is 13.0 Å². The fourth-order valence-corrected chi connectivity index (χ4v) is 1.13. The molecule has 1 aromatic heterocycles. The van der Waals surface area contributed by atoms with Gasteiger partial charge in [-0.3, -0.25) is 0 Å². The van der Waals surface area contributed by atoms with Crippen LogP contribution in [0.2, 0.25) is 0 Å². The minimum atomic E-state index is -0.306. The molecule has 0 unspecified atom stereocenters. The zero-order chi connectivity index (χ0) is 10.6. The van der Waals surface area contributed by atoms with Crippen molar-refractivity contribution in [2.24, 2.45) is 0 Å². The molecule has 1 heterocycles. The second-order valence-corrected chi connectivity index (χ2v) is 3.10. The molecule has 1 rings (SSSR count). The van der Waals surface area contributed by atoms with E-state index < -0.39 is 0 Å². The van der Waals surface area contributed by atoms with Crippen LogP contribution < -0.4 is 0 Å². The lowest BCUT2D eigenvalue weighted by molar-refractivity contribution is -0.137. The molecule has 0 saturated carbocycles. The van der Waals surface area contributed by atoms with Gasteiger partial charge < -0.3 is 9.72 Å². The predicted octanol–water partition coefficient (Wildman–Crippen LogP) is 2.21. The first-order chi connectivity index (χ1) is 6.65. The number of carbonyl (C=O) groups is 1. The first-order valence-corrected chi connectivity index (χ1v) is 4.64. The van der Waals surface area contributed by atoms with Crippen LogP contribution in [0.15, 0.2) is 12.3 Å². The summed E-state index contributed by atoms with van der Waals surface area (Å²) in [6.45, 7) is 6.23. The maximum atomic E-state index is 11.0. The van der Waals surface area contributed by atoms with Gasteiger partial charge >= 0.3 is 5.97 Å². The number of aromatic nitrogens is 1. The van der Waals surface area contributed by atoms with Crippen LogP contribution in [0.3, 0.4) is 0 Å². The highest BCUT2D eigenvalue weighted by Crippen LogP contribution is 2.12. The van der Waals surface area contributed by atoms with Gasteiger partial charge in [0.15, 0.2) is 0 Å². The molecule has 0 aliphatic heterocycles. The minimum Gasteiger partial charge on any atom is -0.463 e. The molecular weight excluding hydrogens is 178 g/mol. The fourth-order valence-electron chi connectivity index (χ4n) is 1.13. The molecule has 0 aromatic carbocycles. The van der Waals surface area contributed by atoms with Gasteiger partial charge in [-0.25, -0.2) is 4.79 Å². The second kappa shape index (κ2) is 4.65. The molecular formula is C11H15NO2. The number of ether oxygens (including phenoxy) is 1. The average molecular weight is 193 g/mol. The number of aromatic amines is 1. The Morgan fingerprint density at radius 1 is 1.57 bits per heavy atom. The molecule has 0 amide bonds. The largest absolute Gasteiger partial charge is 0.463 e. The number of nitrogens with one attached hydrogen (secondary N) is 1. The van der Waals surface area contributed by atoms with E-state index in [0.717, 1.165) is 11.3 Å². The van der Waals surface area contributed by atoms with Crippen molar-refractivity contribution in [1.82, 2.24) is 4.98 Å². The van der Waals surface area contributed by atoms with Crippen molar-refractivity contribution in [3.63, 3.8) is 0 Å². The van der Waals surface area contributed by atoms with Crippen LogP contribution in [0.1, 0.15) is 23.7 Å². The van der Waals surface area contributed by atoms with E-state index in [1.807, 2.05) is 20.0 Å². The van der Waals surface area contributed by atoms with E-state index >= 15 is 0 Å². The van der Waals surface area contributed by atoms with Crippen LogP contribution in [0.4, 0.5) is 0 Å². The summed E-state index contributed by atoms with van der Waals surface area (Å²) in [5.41, 5.74) is 3.30. The summed E-state index contributed by atoms with van der Waals surface area (Å²) in [6, 6.07) is 0. The highest BCUT2D eigenvalue weighted by molar-refractivity contribution is 5.87. The Hall–Kier alpha value is -1.51. The molecule has 0 radical (unpaired) electrons. The van der Waals surface area contributed by atoms with Gasteiger partial charge in [0.2, 0.25) is 0 Å². The highest BCUT2D eigenvalue weighted by atomic mass is 16.5. The molecule has 0 aliphatic carbocycles. The van der Waals surface area contributed by atoms with Gasteiger partial charge in [0.1, 0.15) is 0 Å². The molecule has 0 saturated heterocycles. The molecule has 0 bridgehead atoms. The normalized spacial score (nSPS) is 10.8. The number of esters is 1. The molecule has 76 valence electrons. The van der Waals surface area contributed by atoms with Crippen LogP contribution in [0.25, 0.3) is 6.08 Å². The van der Waals surface area contributed by atoms with Crippen molar-refractivity contribution in [1.29, 1.82) is 0 Å². The van der Waals surface area contributed by atoms with Crippen molar-refractivity contribution in [3.8, 4) is 0 Å². The standard InChI is InChI=1S/C11H15NO2/c1-4-14-11(13)6-5-10-9(3)8(2)7-12-10/h5-7,12H,4H2,1-3H3. The van der Waals surface area contributed by atoms with E-state index in [-0.39, 0.29) is 5.97 Å². The summed E-state index contributed by atoms with van der Waals surface area (Å²) in [4.78, 5) is 14.1. The predicted molar refractivity (Wildman–Crippen MR) is 55.9 cm³/mol. The van der Waals surface area contributed by atoms with Crippen molar-refractivity contribution in [2.75, 3.05) is 6.61 Å². The van der Waals surface area contributed by atoms with E-state index in [2.05, 4.69) is 4.98 Å². The lowest BCUT2D eigenvalue weighted by Gasteiger charge is -1.95. The first kappa shape index (κ1) is 10.6. The molecule has 1 aromatic rings. The van der Waals surface area contributed by atoms with E-state index in [4.69, 9.17) is 4.74 Å². The van der Waals surface area contributed by atoms with Gasteiger partial charge in [-0.05, 0) is 38.0 Å². The third-order valence-corrected chi connectivity index (χ3v) is 2.11. The van der Waals surface area contributed by atoms with Crippen molar-refractivity contribution in [2.45, 2.75) is 20.8 Å². The van der Waals surface area contributed by atoms with E-state index in [0.29, 0.717) is 6.61 Å². The van der Waals surface area contributed by atoms with Gasteiger partial charge in [0.05, 0.1) is 6.61 Å². The maximum absolute atomic E-state index is 11.0. The third kappa shape index (κ3) is 2.49. The average Bonchev–Trinajstić information content (AvgIpc) is 2.46. The smallest absolute Gasteiger partial charge is 0.330 e. The first-order valence-electron chi connectivity index (χ1n) is 4.64. The molecule has 3 heteroatoms. The Balaban J connectivity index is 2.69. The topological polar surface area (TPSA) is 42.1 Å². The second-order valence-electron chi connectivity index (χ2n) is 3.10. The minimum absolute atomic E-state index is 0.306. The Labute approximate surface area is 83.8 Å².